The maximum Gasteiger partial charge on any atom is 0.165 e. The van der Waals surface area contributed by atoms with Crippen molar-refractivity contribution in [2.45, 2.75) is 31.7 Å². The van der Waals surface area contributed by atoms with Crippen LogP contribution in [0.2, 0.25) is 0 Å². The predicted molar refractivity (Wildman–Crippen MR) is 104 cm³/mol. The van der Waals surface area contributed by atoms with Crippen LogP contribution in [0.25, 0.3) is 0 Å². The van der Waals surface area contributed by atoms with Gasteiger partial charge in [-0.1, -0.05) is 30.3 Å². The van der Waals surface area contributed by atoms with Gasteiger partial charge in [-0.05, 0) is 37.5 Å². The number of nitrogens with two attached hydrogens (primary N) is 1. The molecule has 0 radical (unpaired) electrons. The zero-order chi connectivity index (χ0) is 19.4. The molecule has 6 heteroatoms. The number of hydrogen-bond acceptors (Lipinski definition) is 2. The van der Waals surface area contributed by atoms with Crippen LogP contribution in [0.5, 0.6) is 0 Å². The number of halogens is 4. The topological polar surface area (TPSA) is 43.1 Å². The number of carbonyl (C=O) groups excluding carboxylic acids is 1. The van der Waals surface area contributed by atoms with E-state index < -0.39 is 5.82 Å². The maximum atomic E-state index is 13.2. The van der Waals surface area contributed by atoms with Gasteiger partial charge in [-0.2, -0.15) is 0 Å². The molecule has 2 aromatic carbocycles. The van der Waals surface area contributed by atoms with Gasteiger partial charge in [0.1, 0.15) is 11.6 Å². The van der Waals surface area contributed by atoms with Gasteiger partial charge < -0.3 is 5.73 Å². The Balaban J connectivity index is 0.000000260. The molecule has 0 aliphatic rings. The summed E-state index contributed by atoms with van der Waals surface area (Å²) < 4.78 is 26.2. The Hall–Kier alpha value is -1.49. The average molecular weight is 402 g/mol. The second-order valence-corrected chi connectivity index (χ2v) is 6.41. The molecule has 2 N–H and O–H groups in total. The third-order valence-corrected chi connectivity index (χ3v) is 4.20. The van der Waals surface area contributed by atoms with Crippen molar-refractivity contribution in [1.82, 2.24) is 0 Å². The summed E-state index contributed by atoms with van der Waals surface area (Å²) in [6, 6.07) is 12.3. The lowest BCUT2D eigenvalue weighted by Gasteiger charge is -2.11. The van der Waals surface area contributed by atoms with Crippen molar-refractivity contribution in [2.75, 3.05) is 11.8 Å². The Morgan fingerprint density at radius 3 is 2.08 bits per heavy atom. The predicted octanol–water partition coefficient (Wildman–Crippen LogP) is 5.87. The fraction of sp³-hybridized carbons (Fsp3) is 0.350. The minimum Gasteiger partial charge on any atom is -0.324 e. The normalized spacial score (nSPS) is 11.4. The second kappa shape index (κ2) is 12.8. The summed E-state index contributed by atoms with van der Waals surface area (Å²) in [6.07, 6.45) is 2.45. The number of rotatable bonds is 8. The number of hydrogen-bond donors (Lipinski definition) is 1. The third-order valence-electron chi connectivity index (χ3n) is 3.67. The molecular weight excluding hydrogens is 379 g/mol. The largest absolute Gasteiger partial charge is 0.324 e. The first-order valence-corrected chi connectivity index (χ1v) is 9.47. The van der Waals surface area contributed by atoms with Gasteiger partial charge in [0, 0.05) is 29.8 Å². The van der Waals surface area contributed by atoms with E-state index in [0.717, 1.165) is 12.8 Å². The smallest absolute Gasteiger partial charge is 0.165 e. The lowest BCUT2D eigenvalue weighted by molar-refractivity contribution is 0.0978. The van der Waals surface area contributed by atoms with Crippen LogP contribution < -0.4 is 5.73 Å². The fourth-order valence-electron chi connectivity index (χ4n) is 2.28. The minimum atomic E-state index is -0.456. The number of Topliss-reactive ketones (excluding diaryl/α,β-unsaturated/α-hetero) is 1. The van der Waals surface area contributed by atoms with E-state index in [4.69, 9.17) is 28.9 Å². The molecule has 142 valence electrons. The van der Waals surface area contributed by atoms with Crippen molar-refractivity contribution in [3.8, 4) is 0 Å². The highest BCUT2D eigenvalue weighted by atomic mass is 35.5. The molecule has 0 fully saturated rings. The number of benzene rings is 2. The van der Waals surface area contributed by atoms with Crippen LogP contribution in [0.4, 0.5) is 8.78 Å². The molecule has 0 aliphatic carbocycles. The molecule has 0 unspecified atom stereocenters. The molecule has 0 saturated carbocycles. The SMILES string of the molecule is N[C@H](CCCCl)c1ccccc1F.O=C(CCCCl)c1ccccc1F. The standard InChI is InChI=1S/C10H13ClFN.C10H10ClFO/c2*11-7-3-6-10(13)8-4-1-2-5-9(8)12/h1-2,4-5,10H,3,6-7,13H2;1-2,4-5H,3,6-7H2/t10-;/m1./s1. The van der Waals surface area contributed by atoms with Crippen LogP contribution in [-0.4, -0.2) is 17.5 Å². The molecule has 0 bridgehead atoms. The van der Waals surface area contributed by atoms with Crippen molar-refractivity contribution in [1.29, 1.82) is 0 Å². The highest BCUT2D eigenvalue weighted by Crippen LogP contribution is 2.18. The van der Waals surface area contributed by atoms with Crippen molar-refractivity contribution >= 4 is 29.0 Å². The third kappa shape index (κ3) is 7.81. The van der Waals surface area contributed by atoms with Crippen LogP contribution in [0, 0.1) is 11.6 Å². The Kier molecular flexibility index (Phi) is 11.1. The van der Waals surface area contributed by atoms with E-state index in [0.29, 0.717) is 30.2 Å². The molecule has 1 atom stereocenters. The molecular formula is C20H23Cl2F2NO. The van der Waals surface area contributed by atoms with Crippen molar-refractivity contribution < 1.29 is 13.6 Å². The van der Waals surface area contributed by atoms with Gasteiger partial charge >= 0.3 is 0 Å². The molecule has 0 amide bonds. The van der Waals surface area contributed by atoms with Crippen LogP contribution in [0.15, 0.2) is 48.5 Å². The first-order chi connectivity index (χ1) is 12.5. The Morgan fingerprint density at radius 1 is 0.923 bits per heavy atom. The highest BCUT2D eigenvalue weighted by molar-refractivity contribution is 6.18. The second-order valence-electron chi connectivity index (χ2n) is 5.65. The zero-order valence-corrected chi connectivity index (χ0v) is 15.9. The van der Waals surface area contributed by atoms with Gasteiger partial charge in [0.2, 0.25) is 0 Å². The summed E-state index contributed by atoms with van der Waals surface area (Å²) in [4.78, 5) is 11.3. The lowest BCUT2D eigenvalue weighted by Crippen LogP contribution is -2.12. The van der Waals surface area contributed by atoms with E-state index in [2.05, 4.69) is 0 Å². The summed E-state index contributed by atoms with van der Waals surface area (Å²) in [5.74, 6) is 0.132. The summed E-state index contributed by atoms with van der Waals surface area (Å²) in [5.41, 5.74) is 6.52. The van der Waals surface area contributed by atoms with Crippen LogP contribution in [-0.2, 0) is 0 Å². The average Bonchev–Trinajstić information content (AvgIpc) is 2.65. The summed E-state index contributed by atoms with van der Waals surface area (Å²) in [7, 11) is 0. The van der Waals surface area contributed by atoms with E-state index >= 15 is 0 Å². The van der Waals surface area contributed by atoms with Crippen LogP contribution in [0.1, 0.15) is 47.6 Å². The van der Waals surface area contributed by atoms with Crippen molar-refractivity contribution in [2.24, 2.45) is 5.73 Å². The fourth-order valence-corrected chi connectivity index (χ4v) is 2.57. The summed E-state index contributed by atoms with van der Waals surface area (Å²) in [6.45, 7) is 0. The Morgan fingerprint density at radius 2 is 1.50 bits per heavy atom. The van der Waals surface area contributed by atoms with Gasteiger partial charge in [0.15, 0.2) is 5.78 Å². The molecule has 2 nitrogen and oxygen atoms in total. The summed E-state index contributed by atoms with van der Waals surface area (Å²) >= 11 is 11.0. The van der Waals surface area contributed by atoms with Gasteiger partial charge in [0.05, 0.1) is 5.56 Å². The molecule has 0 saturated heterocycles. The quantitative estimate of drug-likeness (QED) is 0.443. The van der Waals surface area contributed by atoms with E-state index in [1.54, 1.807) is 30.3 Å². The van der Waals surface area contributed by atoms with E-state index in [9.17, 15) is 13.6 Å². The first-order valence-electron chi connectivity index (χ1n) is 8.41. The van der Waals surface area contributed by atoms with Crippen LogP contribution >= 0.6 is 23.2 Å². The Bertz CT molecular complexity index is 682. The van der Waals surface area contributed by atoms with Crippen molar-refractivity contribution in [3.63, 3.8) is 0 Å². The Labute approximate surface area is 163 Å². The minimum absolute atomic E-state index is 0.160. The van der Waals surface area contributed by atoms with E-state index in [1.165, 1.54) is 18.2 Å². The van der Waals surface area contributed by atoms with Gasteiger partial charge in [0.25, 0.3) is 0 Å². The van der Waals surface area contributed by atoms with Gasteiger partial charge in [-0.15, -0.1) is 23.2 Å². The molecule has 0 spiro atoms. The molecule has 26 heavy (non-hydrogen) atoms. The number of ketones is 1. The van der Waals surface area contributed by atoms with E-state index in [-0.39, 0.29) is 23.2 Å². The molecule has 2 aromatic rings. The zero-order valence-electron chi connectivity index (χ0n) is 14.4. The molecule has 0 heterocycles. The number of carbonyl (C=O) groups is 1. The van der Waals surface area contributed by atoms with Crippen molar-refractivity contribution in [3.05, 3.63) is 71.3 Å². The first kappa shape index (κ1) is 22.6. The van der Waals surface area contributed by atoms with Gasteiger partial charge in [-0.3, -0.25) is 4.79 Å². The van der Waals surface area contributed by atoms with Gasteiger partial charge in [-0.25, -0.2) is 8.78 Å². The lowest BCUT2D eigenvalue weighted by atomic mass is 10.0. The monoisotopic (exact) mass is 401 g/mol. The number of alkyl halides is 2. The maximum absolute atomic E-state index is 13.2. The molecule has 0 aliphatic heterocycles. The highest BCUT2D eigenvalue weighted by Gasteiger charge is 2.10. The van der Waals surface area contributed by atoms with Crippen LogP contribution in [0.3, 0.4) is 0 Å². The molecule has 2 rings (SSSR count). The molecule has 0 aromatic heterocycles. The van der Waals surface area contributed by atoms with E-state index in [1.807, 2.05) is 0 Å². The summed E-state index contributed by atoms with van der Waals surface area (Å²) in [5, 5.41) is 0.